The van der Waals surface area contributed by atoms with Gasteiger partial charge in [-0.1, -0.05) is 60.7 Å². The maximum absolute atomic E-state index is 13.1. The normalized spacial score (nSPS) is 11.0. The van der Waals surface area contributed by atoms with Crippen molar-refractivity contribution in [3.05, 3.63) is 113 Å². The van der Waals surface area contributed by atoms with E-state index in [-0.39, 0.29) is 28.4 Å². The highest BCUT2D eigenvalue weighted by Crippen LogP contribution is 2.39. The number of nitriles is 1. The first kappa shape index (κ1) is 23.7. The van der Waals surface area contributed by atoms with Gasteiger partial charge in [-0.25, -0.2) is 14.5 Å². The zero-order valence-corrected chi connectivity index (χ0v) is 20.8. The molecule has 6 aromatic rings. The summed E-state index contributed by atoms with van der Waals surface area (Å²) in [5.41, 5.74) is 9.88. The van der Waals surface area contributed by atoms with Crippen LogP contribution in [0.15, 0.2) is 100 Å². The van der Waals surface area contributed by atoms with E-state index in [0.29, 0.717) is 33.4 Å². The van der Waals surface area contributed by atoms with Crippen LogP contribution in [0.25, 0.3) is 50.3 Å². The highest BCUT2D eigenvalue weighted by Gasteiger charge is 2.24. The fourth-order valence-electron chi connectivity index (χ4n) is 4.69. The number of pyridine rings is 1. The maximum atomic E-state index is 13.1. The molecule has 0 spiro atoms. The number of anilines is 1. The summed E-state index contributed by atoms with van der Waals surface area (Å²) in [5.74, 6) is -0.351. The van der Waals surface area contributed by atoms with Gasteiger partial charge in [-0.05, 0) is 36.8 Å². The molecule has 8 nitrogen and oxygen atoms in total. The number of aromatic hydroxyl groups is 1. The molecule has 0 radical (unpaired) electrons. The maximum Gasteiger partial charge on any atom is 0.349 e. The Hall–Kier alpha value is -5.68. The Bertz CT molecular complexity index is 1970. The first-order valence-corrected chi connectivity index (χ1v) is 12.1. The number of aromatic nitrogens is 3. The number of nitrogens with zero attached hydrogens (tertiary/aromatic N) is 4. The first-order chi connectivity index (χ1) is 19.0. The number of nitrogens with two attached hydrogens (primary N) is 1. The summed E-state index contributed by atoms with van der Waals surface area (Å²) in [5, 5.41) is 26.4. The van der Waals surface area contributed by atoms with Gasteiger partial charge >= 0.3 is 5.63 Å². The van der Waals surface area contributed by atoms with Gasteiger partial charge in [0.05, 0.1) is 16.8 Å². The minimum absolute atomic E-state index is 0.0837. The number of aryl methyl sites for hydroxylation is 1. The summed E-state index contributed by atoms with van der Waals surface area (Å²) in [6, 6.07) is 28.1. The summed E-state index contributed by atoms with van der Waals surface area (Å²) in [6.07, 6.45) is 1.81. The van der Waals surface area contributed by atoms with Gasteiger partial charge in [-0.2, -0.15) is 10.4 Å². The van der Waals surface area contributed by atoms with Gasteiger partial charge in [-0.3, -0.25) is 0 Å². The molecule has 3 aromatic heterocycles. The van der Waals surface area contributed by atoms with E-state index in [2.05, 4.69) is 11.1 Å². The lowest BCUT2D eigenvalue weighted by Gasteiger charge is -2.12. The predicted molar refractivity (Wildman–Crippen MR) is 149 cm³/mol. The van der Waals surface area contributed by atoms with Crippen molar-refractivity contribution in [2.45, 2.75) is 6.92 Å². The van der Waals surface area contributed by atoms with Gasteiger partial charge in [0, 0.05) is 22.9 Å². The SMILES string of the molecule is Cc1cccc2c(O)c(-c3cc(-c4cn(-c5ccccc5)nc4-c4ccccc4)c(C#N)c(N)n3)c(=O)oc12. The molecule has 0 aliphatic heterocycles. The molecule has 188 valence electrons. The lowest BCUT2D eigenvalue weighted by molar-refractivity contribution is 0.470. The lowest BCUT2D eigenvalue weighted by Crippen LogP contribution is -2.08. The molecule has 0 aliphatic carbocycles. The van der Waals surface area contributed by atoms with E-state index in [0.717, 1.165) is 11.3 Å². The van der Waals surface area contributed by atoms with Gasteiger partial charge < -0.3 is 15.3 Å². The van der Waals surface area contributed by atoms with Crippen LogP contribution in [0, 0.1) is 18.3 Å². The molecule has 8 heteroatoms. The van der Waals surface area contributed by atoms with E-state index in [1.54, 1.807) is 35.9 Å². The molecule has 0 amide bonds. The smallest absolute Gasteiger partial charge is 0.349 e. The van der Waals surface area contributed by atoms with Crippen LogP contribution in [-0.2, 0) is 0 Å². The summed E-state index contributed by atoms with van der Waals surface area (Å²) in [6.45, 7) is 1.79. The van der Waals surface area contributed by atoms with Crippen molar-refractivity contribution >= 4 is 16.8 Å². The second-order valence-electron chi connectivity index (χ2n) is 9.03. The number of benzene rings is 3. The van der Waals surface area contributed by atoms with E-state index in [9.17, 15) is 15.2 Å². The van der Waals surface area contributed by atoms with Crippen LogP contribution in [0.2, 0.25) is 0 Å². The Morgan fingerprint density at radius 2 is 1.69 bits per heavy atom. The molecule has 0 saturated heterocycles. The van der Waals surface area contributed by atoms with Crippen molar-refractivity contribution in [2.24, 2.45) is 0 Å². The Kier molecular flexibility index (Phi) is 5.67. The van der Waals surface area contributed by atoms with E-state index in [1.807, 2.05) is 66.9 Å². The monoisotopic (exact) mass is 511 g/mol. The van der Waals surface area contributed by atoms with Gasteiger partial charge in [0.1, 0.15) is 40.0 Å². The van der Waals surface area contributed by atoms with E-state index < -0.39 is 5.63 Å². The number of fused-ring (bicyclic) bond motifs is 1. The number of hydrogen-bond acceptors (Lipinski definition) is 7. The molecular weight excluding hydrogens is 490 g/mol. The summed E-state index contributed by atoms with van der Waals surface area (Å²) in [4.78, 5) is 17.4. The predicted octanol–water partition coefficient (Wildman–Crippen LogP) is 5.84. The average Bonchev–Trinajstić information content (AvgIpc) is 3.40. The minimum Gasteiger partial charge on any atom is -0.506 e. The Morgan fingerprint density at radius 1 is 0.974 bits per heavy atom. The van der Waals surface area contributed by atoms with Crippen LogP contribution in [0.1, 0.15) is 11.1 Å². The molecule has 0 aliphatic rings. The molecule has 0 fully saturated rings. The number of rotatable bonds is 4. The summed E-state index contributed by atoms with van der Waals surface area (Å²) in [7, 11) is 0. The molecule has 6 rings (SSSR count). The number of para-hydroxylation sites is 2. The van der Waals surface area contributed by atoms with E-state index >= 15 is 0 Å². The average molecular weight is 512 g/mol. The minimum atomic E-state index is -0.764. The third-order valence-corrected chi connectivity index (χ3v) is 6.59. The third-order valence-electron chi connectivity index (χ3n) is 6.59. The van der Waals surface area contributed by atoms with E-state index in [1.165, 1.54) is 0 Å². The molecular formula is C31H21N5O3. The van der Waals surface area contributed by atoms with Crippen LogP contribution >= 0.6 is 0 Å². The second kappa shape index (κ2) is 9.32. The van der Waals surface area contributed by atoms with Crippen molar-refractivity contribution in [1.82, 2.24) is 14.8 Å². The summed E-state index contributed by atoms with van der Waals surface area (Å²) >= 11 is 0. The standard InChI is InChI=1S/C31H21N5O3/c1-18-9-8-14-21-28(37)26(31(38)39-29(18)21)25-15-22(23(16-32)30(33)34-25)24-17-36(20-12-6-3-7-13-20)35-27(24)19-10-4-2-5-11-19/h2-15,17,37H,1H3,(H2,33,34). The number of hydrogen-bond donors (Lipinski definition) is 2. The Labute approximate surface area is 222 Å². The highest BCUT2D eigenvalue weighted by atomic mass is 16.4. The Morgan fingerprint density at radius 3 is 2.41 bits per heavy atom. The van der Waals surface area contributed by atoms with Crippen molar-refractivity contribution in [3.63, 3.8) is 0 Å². The molecule has 3 heterocycles. The van der Waals surface area contributed by atoms with Gasteiger partial charge in [0.25, 0.3) is 0 Å². The third kappa shape index (κ3) is 3.99. The largest absolute Gasteiger partial charge is 0.506 e. The lowest BCUT2D eigenvalue weighted by atomic mass is 9.96. The molecule has 0 atom stereocenters. The molecule has 39 heavy (non-hydrogen) atoms. The molecule has 0 unspecified atom stereocenters. The second-order valence-corrected chi connectivity index (χ2v) is 9.03. The zero-order valence-electron chi connectivity index (χ0n) is 20.8. The van der Waals surface area contributed by atoms with Crippen molar-refractivity contribution < 1.29 is 9.52 Å². The van der Waals surface area contributed by atoms with Crippen LogP contribution in [0.3, 0.4) is 0 Å². The van der Waals surface area contributed by atoms with E-state index in [4.69, 9.17) is 15.2 Å². The van der Waals surface area contributed by atoms with Gasteiger partial charge in [-0.15, -0.1) is 0 Å². The Balaban J connectivity index is 1.64. The van der Waals surface area contributed by atoms with Crippen LogP contribution in [0.5, 0.6) is 5.75 Å². The van der Waals surface area contributed by atoms with Crippen molar-refractivity contribution in [1.29, 1.82) is 5.26 Å². The molecule has 0 saturated carbocycles. The number of nitrogen functional groups attached to an aromatic ring is 1. The zero-order chi connectivity index (χ0) is 27.1. The fourth-order valence-corrected chi connectivity index (χ4v) is 4.69. The summed E-state index contributed by atoms with van der Waals surface area (Å²) < 4.78 is 7.30. The van der Waals surface area contributed by atoms with Crippen LogP contribution < -0.4 is 11.4 Å². The molecule has 0 bridgehead atoms. The van der Waals surface area contributed by atoms with Crippen LogP contribution in [-0.4, -0.2) is 19.9 Å². The first-order valence-electron chi connectivity index (χ1n) is 12.1. The highest BCUT2D eigenvalue weighted by molar-refractivity contribution is 5.93. The fraction of sp³-hybridized carbons (Fsp3) is 0.0323. The molecule has 3 N–H and O–H groups in total. The van der Waals surface area contributed by atoms with Gasteiger partial charge in [0.15, 0.2) is 0 Å². The quantitative estimate of drug-likeness (QED) is 0.284. The topological polar surface area (TPSA) is 131 Å². The van der Waals surface area contributed by atoms with Gasteiger partial charge in [0.2, 0.25) is 0 Å². The van der Waals surface area contributed by atoms with Crippen LogP contribution in [0.4, 0.5) is 5.82 Å². The van der Waals surface area contributed by atoms with Crippen molar-refractivity contribution in [2.75, 3.05) is 5.73 Å². The van der Waals surface area contributed by atoms with Crippen molar-refractivity contribution in [3.8, 4) is 51.1 Å². The molecule has 3 aromatic carbocycles.